The van der Waals surface area contributed by atoms with Crippen LogP contribution < -0.4 is 0 Å². The number of nitrogens with zero attached hydrogens (tertiary/aromatic N) is 4. The maximum atomic E-state index is 5.43. The van der Waals surface area contributed by atoms with Crippen molar-refractivity contribution in [2.75, 3.05) is 0 Å². The largest absolute Gasteiger partial charge is 0.247 e. The van der Waals surface area contributed by atoms with E-state index in [1.54, 1.807) is 0 Å². The maximum absolute atomic E-state index is 5.43. The van der Waals surface area contributed by atoms with Crippen molar-refractivity contribution in [2.45, 2.75) is 0 Å². The van der Waals surface area contributed by atoms with E-state index < -0.39 is 0 Å². The van der Waals surface area contributed by atoms with Crippen LogP contribution in [-0.2, 0) is 0 Å². The number of pyridine rings is 2. The third kappa shape index (κ3) is 5.76. The van der Waals surface area contributed by atoms with Crippen LogP contribution in [0.15, 0.2) is 194 Å². The molecule has 7 aromatic carbocycles. The Labute approximate surface area is 313 Å². The van der Waals surface area contributed by atoms with Gasteiger partial charge in [-0.25, -0.2) is 19.9 Å². The summed E-state index contributed by atoms with van der Waals surface area (Å²) in [6.07, 6.45) is 0. The SMILES string of the molecule is c1ccc(-c2ccc(-c3cc(-c4ccc5c(c4)nc(-c4ccccc4)c4c5ccc5ccc(-c6ccccc6)nc54)nc(-c4ccccc4)n3)cc2)cc1. The molecule has 4 nitrogen and oxygen atoms in total. The first-order valence-corrected chi connectivity index (χ1v) is 18.1. The molecule has 10 rings (SSSR count). The fourth-order valence-corrected chi connectivity index (χ4v) is 7.34. The first-order chi connectivity index (χ1) is 26.7. The first-order valence-electron chi connectivity index (χ1n) is 18.1. The minimum atomic E-state index is 0.679. The van der Waals surface area contributed by atoms with Gasteiger partial charge >= 0.3 is 0 Å². The number of hydrogen-bond acceptors (Lipinski definition) is 4. The zero-order valence-corrected chi connectivity index (χ0v) is 29.3. The molecular formula is C50H32N4. The Morgan fingerprint density at radius 2 is 0.796 bits per heavy atom. The van der Waals surface area contributed by atoms with E-state index in [9.17, 15) is 0 Å². The van der Waals surface area contributed by atoms with Crippen LogP contribution >= 0.6 is 0 Å². The van der Waals surface area contributed by atoms with E-state index in [4.69, 9.17) is 19.9 Å². The highest BCUT2D eigenvalue weighted by Crippen LogP contribution is 2.39. The lowest BCUT2D eigenvalue weighted by Gasteiger charge is -2.14. The van der Waals surface area contributed by atoms with Crippen LogP contribution in [0.2, 0.25) is 0 Å². The summed E-state index contributed by atoms with van der Waals surface area (Å²) in [7, 11) is 0. The quantitative estimate of drug-likeness (QED) is 0.163. The van der Waals surface area contributed by atoms with Gasteiger partial charge in [-0.15, -0.1) is 0 Å². The molecule has 252 valence electrons. The van der Waals surface area contributed by atoms with Crippen molar-refractivity contribution in [3.8, 4) is 67.5 Å². The summed E-state index contributed by atoms with van der Waals surface area (Å²) in [6, 6.07) is 67.3. The maximum Gasteiger partial charge on any atom is 0.160 e. The van der Waals surface area contributed by atoms with Crippen molar-refractivity contribution in [3.05, 3.63) is 194 Å². The van der Waals surface area contributed by atoms with E-state index in [-0.39, 0.29) is 0 Å². The molecule has 0 amide bonds. The summed E-state index contributed by atoms with van der Waals surface area (Å²) >= 11 is 0. The van der Waals surface area contributed by atoms with Crippen LogP contribution in [0.3, 0.4) is 0 Å². The van der Waals surface area contributed by atoms with Crippen LogP contribution in [0, 0.1) is 0 Å². The van der Waals surface area contributed by atoms with E-state index in [1.165, 1.54) is 11.1 Å². The average Bonchev–Trinajstić information content (AvgIpc) is 3.26. The standard InChI is InChI=1S/C50H32N4/c1-5-13-33(14-6-1)34-21-23-36(24-22-34)44-32-45(54-50(53-44)39-19-11-4-12-20-39)40-26-28-41-42-29-25-38-27-30-43(35-15-7-2-8-16-35)51-49(38)47(42)48(52-46(41)31-40)37-17-9-3-10-18-37/h1-32H. The fourth-order valence-electron chi connectivity index (χ4n) is 7.34. The molecule has 0 radical (unpaired) electrons. The summed E-state index contributed by atoms with van der Waals surface area (Å²) < 4.78 is 0. The molecule has 0 atom stereocenters. The molecule has 0 aliphatic heterocycles. The van der Waals surface area contributed by atoms with Crippen LogP contribution in [0.4, 0.5) is 0 Å². The van der Waals surface area contributed by atoms with Crippen LogP contribution in [-0.4, -0.2) is 19.9 Å². The van der Waals surface area contributed by atoms with E-state index in [0.717, 1.165) is 83.2 Å². The second-order valence-corrected chi connectivity index (χ2v) is 13.5. The zero-order chi connectivity index (χ0) is 35.8. The van der Waals surface area contributed by atoms with Gasteiger partial charge in [0.25, 0.3) is 0 Å². The molecule has 0 aliphatic rings. The highest BCUT2D eigenvalue weighted by molar-refractivity contribution is 6.20. The van der Waals surface area contributed by atoms with E-state index >= 15 is 0 Å². The van der Waals surface area contributed by atoms with Gasteiger partial charge in [-0.05, 0) is 34.7 Å². The third-order valence-corrected chi connectivity index (χ3v) is 10.1. The molecule has 54 heavy (non-hydrogen) atoms. The number of hydrogen-bond donors (Lipinski definition) is 0. The number of fused-ring (bicyclic) bond motifs is 5. The van der Waals surface area contributed by atoms with Gasteiger partial charge in [-0.1, -0.05) is 176 Å². The van der Waals surface area contributed by atoms with Crippen molar-refractivity contribution in [1.29, 1.82) is 0 Å². The molecule has 0 N–H and O–H groups in total. The van der Waals surface area contributed by atoms with Gasteiger partial charge < -0.3 is 0 Å². The number of benzene rings is 7. The Morgan fingerprint density at radius 1 is 0.296 bits per heavy atom. The topological polar surface area (TPSA) is 51.6 Å². The summed E-state index contributed by atoms with van der Waals surface area (Å²) in [6.45, 7) is 0. The van der Waals surface area contributed by atoms with Crippen molar-refractivity contribution >= 4 is 32.6 Å². The van der Waals surface area contributed by atoms with Gasteiger partial charge in [0, 0.05) is 44.0 Å². The monoisotopic (exact) mass is 688 g/mol. The molecule has 0 spiro atoms. The molecule has 4 heteroatoms. The molecule has 0 aliphatic carbocycles. The minimum Gasteiger partial charge on any atom is -0.247 e. The van der Waals surface area contributed by atoms with Crippen LogP contribution in [0.1, 0.15) is 0 Å². The lowest BCUT2D eigenvalue weighted by Crippen LogP contribution is -1.97. The smallest absolute Gasteiger partial charge is 0.160 e. The van der Waals surface area contributed by atoms with E-state index in [1.807, 2.05) is 36.4 Å². The average molecular weight is 689 g/mol. The Bertz CT molecular complexity index is 2950. The highest BCUT2D eigenvalue weighted by atomic mass is 14.9. The van der Waals surface area contributed by atoms with Gasteiger partial charge in [-0.3, -0.25) is 0 Å². The van der Waals surface area contributed by atoms with Gasteiger partial charge in [0.15, 0.2) is 5.82 Å². The van der Waals surface area contributed by atoms with Crippen LogP contribution in [0.25, 0.3) is 100 Å². The summed E-state index contributed by atoms with van der Waals surface area (Å²) in [5, 5.41) is 4.31. The molecule has 10 aromatic rings. The normalized spacial score (nSPS) is 11.3. The molecule has 0 fully saturated rings. The number of rotatable bonds is 6. The molecule has 0 bridgehead atoms. The van der Waals surface area contributed by atoms with Crippen LogP contribution in [0.5, 0.6) is 0 Å². The third-order valence-electron chi connectivity index (χ3n) is 10.1. The second-order valence-electron chi connectivity index (χ2n) is 13.5. The molecule has 3 aromatic heterocycles. The summed E-state index contributed by atoms with van der Waals surface area (Å²) in [5.41, 5.74) is 12.8. The highest BCUT2D eigenvalue weighted by Gasteiger charge is 2.17. The van der Waals surface area contributed by atoms with Gasteiger partial charge in [0.05, 0.1) is 33.8 Å². The molecule has 0 unspecified atom stereocenters. The van der Waals surface area contributed by atoms with Crippen molar-refractivity contribution in [1.82, 2.24) is 19.9 Å². The van der Waals surface area contributed by atoms with E-state index in [0.29, 0.717) is 5.82 Å². The lowest BCUT2D eigenvalue weighted by molar-refractivity contribution is 1.18. The van der Waals surface area contributed by atoms with Crippen molar-refractivity contribution in [2.24, 2.45) is 0 Å². The van der Waals surface area contributed by atoms with Gasteiger partial charge in [0.1, 0.15) is 0 Å². The Balaban J connectivity index is 1.16. The molecule has 3 heterocycles. The predicted octanol–water partition coefficient (Wildman–Crippen LogP) is 12.7. The molecule has 0 saturated carbocycles. The Kier molecular flexibility index (Phi) is 7.77. The first kappa shape index (κ1) is 31.4. The minimum absolute atomic E-state index is 0.679. The van der Waals surface area contributed by atoms with Gasteiger partial charge in [-0.2, -0.15) is 0 Å². The van der Waals surface area contributed by atoms with Gasteiger partial charge in [0.2, 0.25) is 0 Å². The van der Waals surface area contributed by atoms with E-state index in [2.05, 4.69) is 158 Å². The summed E-state index contributed by atoms with van der Waals surface area (Å²) in [5.74, 6) is 0.679. The van der Waals surface area contributed by atoms with Crippen molar-refractivity contribution < 1.29 is 0 Å². The predicted molar refractivity (Wildman–Crippen MR) is 223 cm³/mol. The molecular weight excluding hydrogens is 657 g/mol. The Hall–Kier alpha value is -7.30. The molecule has 0 saturated heterocycles. The summed E-state index contributed by atoms with van der Waals surface area (Å²) in [4.78, 5) is 20.9. The second kappa shape index (κ2) is 13.4. The number of aromatic nitrogens is 4. The fraction of sp³-hybridized carbons (Fsp3) is 0. The Morgan fingerprint density at radius 3 is 1.48 bits per heavy atom. The zero-order valence-electron chi connectivity index (χ0n) is 29.3. The lowest BCUT2D eigenvalue weighted by atomic mass is 9.96. The van der Waals surface area contributed by atoms with Crippen molar-refractivity contribution in [3.63, 3.8) is 0 Å².